The van der Waals surface area contributed by atoms with Crippen LogP contribution < -0.4 is 9.80 Å². The lowest BCUT2D eigenvalue weighted by Gasteiger charge is -2.33. The van der Waals surface area contributed by atoms with Crippen molar-refractivity contribution in [3.8, 4) is 0 Å². The summed E-state index contributed by atoms with van der Waals surface area (Å²) >= 11 is 6.05. The van der Waals surface area contributed by atoms with E-state index in [4.69, 9.17) is 11.6 Å². The summed E-state index contributed by atoms with van der Waals surface area (Å²) in [5.41, 5.74) is 2.30. The second-order valence-electron chi connectivity index (χ2n) is 11.3. The Balaban J connectivity index is 1.76. The van der Waals surface area contributed by atoms with E-state index in [1.54, 1.807) is 50.2 Å². The van der Waals surface area contributed by atoms with Gasteiger partial charge in [0.2, 0.25) is 10.8 Å². The molecular formula is C29H28ClN3O5S. The van der Waals surface area contributed by atoms with Crippen molar-refractivity contribution in [3.05, 3.63) is 98.6 Å². The summed E-state index contributed by atoms with van der Waals surface area (Å²) < 4.78 is 12.9. The molecule has 0 aliphatic carbocycles. The number of benzene rings is 3. The van der Waals surface area contributed by atoms with Gasteiger partial charge in [0, 0.05) is 28.4 Å². The smallest absolute Gasteiger partial charge is 0.271 e. The Morgan fingerprint density at radius 2 is 1.56 bits per heavy atom. The third-order valence-electron chi connectivity index (χ3n) is 7.39. The quantitative estimate of drug-likeness (QED) is 0.293. The van der Waals surface area contributed by atoms with Crippen LogP contribution in [-0.2, 0) is 37.2 Å². The van der Waals surface area contributed by atoms with Crippen LogP contribution in [0.15, 0.2) is 66.7 Å². The largest absolute Gasteiger partial charge is 0.304 e. The van der Waals surface area contributed by atoms with Gasteiger partial charge in [-0.25, -0.2) is 0 Å². The fourth-order valence-corrected chi connectivity index (χ4v) is 7.33. The highest BCUT2D eigenvalue weighted by Crippen LogP contribution is 2.56. The highest BCUT2D eigenvalue weighted by Gasteiger charge is 2.71. The van der Waals surface area contributed by atoms with Crippen molar-refractivity contribution >= 4 is 51.3 Å². The molecule has 3 aromatic rings. The van der Waals surface area contributed by atoms with Gasteiger partial charge in [0.05, 0.1) is 28.0 Å². The molecule has 8 nitrogen and oxygen atoms in total. The van der Waals surface area contributed by atoms with Crippen molar-refractivity contribution in [3.63, 3.8) is 0 Å². The average Bonchev–Trinajstić information content (AvgIpc) is 3.21. The molecule has 0 saturated carbocycles. The molecule has 5 rings (SSSR count). The maximum absolute atomic E-state index is 14.5. The molecule has 2 aliphatic rings. The fourth-order valence-electron chi connectivity index (χ4n) is 5.23. The van der Waals surface area contributed by atoms with Gasteiger partial charge >= 0.3 is 0 Å². The summed E-state index contributed by atoms with van der Waals surface area (Å²) in [5.74, 6) is -1.08. The molecule has 0 aromatic heterocycles. The minimum absolute atomic E-state index is 0.102. The summed E-state index contributed by atoms with van der Waals surface area (Å²) in [5, 5.41) is 12.3. The standard InChI is InChI=1S/C29H28ClN3O5S/c1-27(2,3)19-8-12-21(13-9-19)32-25(34)28(4,5)39(38)29(32)23-16-22(33(36)37)14-15-24(23)31(26(29)35)17-18-6-10-20(30)11-7-18/h6-16H,17H2,1-5H3. The van der Waals surface area contributed by atoms with Gasteiger partial charge in [-0.1, -0.05) is 56.6 Å². The Bertz CT molecular complexity index is 1550. The Morgan fingerprint density at radius 1 is 0.949 bits per heavy atom. The third kappa shape index (κ3) is 3.98. The van der Waals surface area contributed by atoms with E-state index in [9.17, 15) is 23.9 Å². The van der Waals surface area contributed by atoms with Crippen molar-refractivity contribution < 1.29 is 18.7 Å². The molecule has 0 N–H and O–H groups in total. The van der Waals surface area contributed by atoms with Crippen LogP contribution in [0.25, 0.3) is 0 Å². The number of nitrogens with zero attached hydrogens (tertiary/aromatic N) is 3. The molecule has 2 aliphatic heterocycles. The first-order valence-electron chi connectivity index (χ1n) is 12.4. The number of rotatable bonds is 4. The number of carbonyl (C=O) groups excluding carboxylic acids is 2. The first-order valence-corrected chi connectivity index (χ1v) is 14.0. The molecule has 202 valence electrons. The van der Waals surface area contributed by atoms with E-state index in [-0.39, 0.29) is 23.2 Å². The van der Waals surface area contributed by atoms with Crippen LogP contribution in [0.3, 0.4) is 0 Å². The van der Waals surface area contributed by atoms with E-state index in [0.29, 0.717) is 16.4 Å². The van der Waals surface area contributed by atoms with E-state index in [0.717, 1.165) is 11.1 Å². The van der Waals surface area contributed by atoms with Crippen LogP contribution in [0, 0.1) is 10.1 Å². The van der Waals surface area contributed by atoms with Crippen LogP contribution >= 0.6 is 11.6 Å². The van der Waals surface area contributed by atoms with Crippen LogP contribution in [-0.4, -0.2) is 25.7 Å². The number of hydrogen-bond acceptors (Lipinski definition) is 5. The lowest BCUT2D eigenvalue weighted by Crippen LogP contribution is -2.52. The monoisotopic (exact) mass is 565 g/mol. The van der Waals surface area contributed by atoms with Crippen molar-refractivity contribution in [2.75, 3.05) is 9.80 Å². The number of nitro groups is 1. The van der Waals surface area contributed by atoms with Gasteiger partial charge < -0.3 is 4.90 Å². The number of amides is 2. The van der Waals surface area contributed by atoms with Crippen LogP contribution in [0.4, 0.5) is 17.1 Å². The third-order valence-corrected chi connectivity index (χ3v) is 9.86. The van der Waals surface area contributed by atoms with Crippen LogP contribution in [0.2, 0.25) is 5.02 Å². The normalized spacial score (nSPS) is 22.1. The molecule has 39 heavy (non-hydrogen) atoms. The molecule has 10 heteroatoms. The van der Waals surface area contributed by atoms with E-state index in [2.05, 4.69) is 20.8 Å². The SMILES string of the molecule is CC(C)(C)c1ccc(N2C(=O)C(C)(C)S(=O)C23C(=O)N(Cc2ccc(Cl)cc2)c2ccc([N+](=O)[O-])cc23)cc1. The Labute approximate surface area is 234 Å². The maximum Gasteiger partial charge on any atom is 0.271 e. The minimum atomic E-state index is -2.10. The summed E-state index contributed by atoms with van der Waals surface area (Å²) in [7, 11) is -2.10. The van der Waals surface area contributed by atoms with E-state index in [1.807, 2.05) is 12.1 Å². The Morgan fingerprint density at radius 3 is 2.13 bits per heavy atom. The fraction of sp³-hybridized carbons (Fsp3) is 0.310. The summed E-state index contributed by atoms with van der Waals surface area (Å²) in [6.07, 6.45) is 0. The maximum atomic E-state index is 14.5. The average molecular weight is 566 g/mol. The second-order valence-corrected chi connectivity index (χ2v) is 13.9. The lowest BCUT2D eigenvalue weighted by molar-refractivity contribution is -0.384. The first kappa shape index (κ1) is 27.0. The number of carbonyl (C=O) groups is 2. The number of non-ortho nitro benzene ring substituents is 1. The van der Waals surface area contributed by atoms with Crippen molar-refractivity contribution in [1.29, 1.82) is 0 Å². The molecule has 1 spiro atoms. The Hall–Kier alpha value is -3.56. The lowest BCUT2D eigenvalue weighted by atomic mass is 9.87. The molecule has 1 saturated heterocycles. The topological polar surface area (TPSA) is 101 Å². The zero-order chi connectivity index (χ0) is 28.5. The van der Waals surface area contributed by atoms with Crippen LogP contribution in [0.5, 0.6) is 0 Å². The molecule has 0 bridgehead atoms. The van der Waals surface area contributed by atoms with Crippen molar-refractivity contribution in [2.24, 2.45) is 0 Å². The number of halogens is 1. The number of anilines is 2. The molecule has 1 fully saturated rings. The molecule has 3 aromatic carbocycles. The molecule has 2 atom stereocenters. The zero-order valence-electron chi connectivity index (χ0n) is 22.2. The first-order chi connectivity index (χ1) is 18.2. The van der Waals surface area contributed by atoms with Gasteiger partial charge in [-0.15, -0.1) is 0 Å². The van der Waals surface area contributed by atoms with Gasteiger partial charge in [0.25, 0.3) is 11.6 Å². The highest BCUT2D eigenvalue weighted by molar-refractivity contribution is 7.90. The van der Waals surface area contributed by atoms with Gasteiger partial charge in [-0.3, -0.25) is 28.8 Å². The van der Waals surface area contributed by atoms with Gasteiger partial charge in [0.1, 0.15) is 4.75 Å². The minimum Gasteiger partial charge on any atom is -0.304 e. The van der Waals surface area contributed by atoms with Crippen molar-refractivity contribution in [1.82, 2.24) is 0 Å². The predicted molar refractivity (Wildman–Crippen MR) is 152 cm³/mol. The number of nitro benzene ring substituents is 1. The van der Waals surface area contributed by atoms with E-state index < -0.39 is 37.2 Å². The van der Waals surface area contributed by atoms with Crippen LogP contribution in [0.1, 0.15) is 51.3 Å². The molecule has 2 amide bonds. The van der Waals surface area contributed by atoms with Gasteiger partial charge in [-0.05, 0) is 60.7 Å². The number of hydrogen-bond donors (Lipinski definition) is 0. The Kier molecular flexibility index (Phi) is 6.23. The summed E-state index contributed by atoms with van der Waals surface area (Å²) in [6.45, 7) is 9.38. The van der Waals surface area contributed by atoms with E-state index in [1.165, 1.54) is 28.0 Å². The van der Waals surface area contributed by atoms with Gasteiger partial charge in [0.15, 0.2) is 0 Å². The zero-order valence-corrected chi connectivity index (χ0v) is 23.8. The van der Waals surface area contributed by atoms with E-state index >= 15 is 0 Å². The van der Waals surface area contributed by atoms with Gasteiger partial charge in [-0.2, -0.15) is 0 Å². The summed E-state index contributed by atoms with van der Waals surface area (Å²) in [4.78, 5) is 40.5. The number of fused-ring (bicyclic) bond motifs is 2. The molecule has 2 unspecified atom stereocenters. The molecule has 0 radical (unpaired) electrons. The highest BCUT2D eigenvalue weighted by atomic mass is 35.5. The second kappa shape index (κ2) is 8.99. The van der Waals surface area contributed by atoms with Crippen molar-refractivity contribution in [2.45, 2.75) is 56.2 Å². The molecular weight excluding hydrogens is 538 g/mol. The predicted octanol–water partition coefficient (Wildman–Crippen LogP) is 5.82. The molecule has 2 heterocycles. The summed E-state index contributed by atoms with van der Waals surface area (Å²) in [6, 6.07) is 18.3.